The zero-order valence-corrected chi connectivity index (χ0v) is 18.5. The van der Waals surface area contributed by atoms with Crippen molar-refractivity contribution in [1.82, 2.24) is 0 Å². The molecule has 0 aliphatic heterocycles. The van der Waals surface area contributed by atoms with E-state index in [2.05, 4.69) is 9.05 Å². The molecular weight excluding hydrogens is 344 g/mol. The molecule has 0 rings (SSSR count). The number of hydrogen-bond acceptors (Lipinski definition) is 8. The topological polar surface area (TPSA) is 133 Å². The molecule has 0 fully saturated rings. The van der Waals surface area contributed by atoms with Crippen molar-refractivity contribution in [2.75, 3.05) is 14.2 Å². The van der Waals surface area contributed by atoms with Crippen LogP contribution in [0.3, 0.4) is 0 Å². The second-order valence-electron chi connectivity index (χ2n) is 3.71. The summed E-state index contributed by atoms with van der Waals surface area (Å²) in [6, 6.07) is 0. The molecule has 0 aliphatic carbocycles. The van der Waals surface area contributed by atoms with Crippen molar-refractivity contribution in [3.63, 3.8) is 0 Å². The zero-order chi connectivity index (χ0) is 15.1. The molecule has 0 unspecified atom stereocenters. The van der Waals surface area contributed by atoms with Crippen molar-refractivity contribution >= 4 is 26.2 Å². The largest absolute Gasteiger partial charge is 1.00 e. The van der Waals surface area contributed by atoms with Crippen LogP contribution in [-0.4, -0.2) is 25.3 Å². The molecule has 0 atom stereocenters. The maximum Gasteiger partial charge on any atom is 1.00 e. The third-order valence-corrected chi connectivity index (χ3v) is 5.00. The number of rotatable bonds is 10. The van der Waals surface area contributed by atoms with Crippen molar-refractivity contribution in [3.8, 4) is 0 Å². The van der Waals surface area contributed by atoms with Crippen molar-refractivity contribution in [2.45, 2.75) is 32.1 Å². The van der Waals surface area contributed by atoms with E-state index >= 15 is 0 Å². The van der Waals surface area contributed by atoms with Crippen LogP contribution in [0.25, 0.3) is 0 Å². The summed E-state index contributed by atoms with van der Waals surface area (Å²) in [4.78, 5) is 42.9. The van der Waals surface area contributed by atoms with E-state index in [4.69, 9.17) is 0 Å². The van der Waals surface area contributed by atoms with E-state index in [1.807, 2.05) is 0 Å². The molecule has 0 saturated carbocycles. The van der Waals surface area contributed by atoms with Crippen LogP contribution in [0.5, 0.6) is 0 Å². The predicted octanol–water partition coefficient (Wildman–Crippen LogP) is -5.60. The second kappa shape index (κ2) is 13.0. The van der Waals surface area contributed by atoms with Crippen LogP contribution in [0.1, 0.15) is 32.1 Å². The van der Waals surface area contributed by atoms with Gasteiger partial charge in [-0.2, -0.15) is 0 Å². The van der Waals surface area contributed by atoms with Gasteiger partial charge >= 0.3 is 66.7 Å². The fraction of sp³-hybridized carbons (Fsp3) is 0.778. The van der Waals surface area contributed by atoms with Crippen LogP contribution in [0.4, 0.5) is 0 Å². The van der Waals surface area contributed by atoms with Crippen molar-refractivity contribution < 1.29 is 96.7 Å². The van der Waals surface area contributed by atoms with Gasteiger partial charge in [0.1, 0.15) is 0 Å². The Morgan fingerprint density at radius 1 is 0.857 bits per heavy atom. The van der Waals surface area contributed by atoms with Crippen LogP contribution in [0, 0.1) is 0 Å². The third-order valence-electron chi connectivity index (χ3n) is 2.37. The minimum absolute atomic E-state index is 0. The molecule has 21 heavy (non-hydrogen) atoms. The maximum atomic E-state index is 11.6. The molecule has 0 N–H and O–H groups in total. The average Bonchev–Trinajstić information content (AvgIpc) is 2.35. The van der Waals surface area contributed by atoms with Gasteiger partial charge in [-0.15, -0.1) is 0 Å². The predicted molar refractivity (Wildman–Crippen MR) is 62.3 cm³/mol. The van der Waals surface area contributed by atoms with Crippen molar-refractivity contribution in [1.29, 1.82) is 0 Å². The Bertz CT molecular complexity index is 414. The quantitative estimate of drug-likeness (QED) is 0.214. The smallest absolute Gasteiger partial charge is 0.805 e. The Labute approximate surface area is 168 Å². The fourth-order valence-corrected chi connectivity index (χ4v) is 2.70. The molecule has 0 aliphatic rings. The first kappa shape index (κ1) is 27.5. The Hall–Kier alpha value is 1.64. The summed E-state index contributed by atoms with van der Waals surface area (Å²) in [6.07, 6.45) is 0.380. The molecule has 112 valence electrons. The second-order valence-corrected chi connectivity index (χ2v) is 7.43. The van der Waals surface area contributed by atoms with Crippen LogP contribution in [0.2, 0.25) is 0 Å². The van der Waals surface area contributed by atoms with Gasteiger partial charge in [-0.3, -0.25) is 14.2 Å². The first-order valence-electron chi connectivity index (χ1n) is 5.47. The number of hydrogen-bond donors (Lipinski definition) is 0. The summed E-state index contributed by atoms with van der Waals surface area (Å²) in [5, 5.41) is 0. The van der Waals surface area contributed by atoms with E-state index in [1.54, 1.807) is 0 Å². The molecule has 0 spiro atoms. The van der Waals surface area contributed by atoms with Crippen LogP contribution >= 0.6 is 15.2 Å². The summed E-state index contributed by atoms with van der Waals surface area (Å²) in [6.45, 7) is 0. The number of carbonyl (C=O) groups excluding carboxylic acids is 2. The Balaban J connectivity index is -0.00000162. The Morgan fingerprint density at radius 3 is 1.57 bits per heavy atom. The van der Waals surface area contributed by atoms with Gasteiger partial charge < -0.3 is 23.4 Å². The van der Waals surface area contributed by atoms with Crippen LogP contribution in [0.15, 0.2) is 0 Å². The van der Waals surface area contributed by atoms with Gasteiger partial charge in [0.05, 0.1) is 0 Å². The van der Waals surface area contributed by atoms with Gasteiger partial charge in [-0.05, 0) is 12.8 Å². The standard InChI is InChI=1S/C9H18O8P2.2Na/c1-16-19(15,17-2)9(11)7-5-3-4-6-8(10)18(12,13)14;;/h3-7H2,1-2H3,(H2,12,13,14);;/q;2*+1/p-2. The van der Waals surface area contributed by atoms with Crippen molar-refractivity contribution in [2.24, 2.45) is 0 Å². The van der Waals surface area contributed by atoms with Crippen LogP contribution in [-0.2, 0) is 27.8 Å². The Kier molecular flexibility index (Phi) is 17.0. The van der Waals surface area contributed by atoms with E-state index in [1.165, 1.54) is 0 Å². The SMILES string of the molecule is COP(=O)(OC)C(=O)CCCCCC(=O)P(=O)([O-])[O-].[Na+].[Na+]. The van der Waals surface area contributed by atoms with E-state index in [0.717, 1.165) is 14.2 Å². The molecular formula is C9H16Na2O8P2. The molecule has 0 aromatic carbocycles. The molecule has 0 aromatic heterocycles. The molecule has 12 heteroatoms. The van der Waals surface area contributed by atoms with E-state index in [0.29, 0.717) is 12.8 Å². The first-order valence-corrected chi connectivity index (χ1v) is 8.56. The van der Waals surface area contributed by atoms with Gasteiger partial charge in [0.15, 0.2) is 5.52 Å². The molecule has 0 amide bonds. The maximum absolute atomic E-state index is 11.6. The Morgan fingerprint density at radius 2 is 1.24 bits per heavy atom. The third kappa shape index (κ3) is 10.9. The van der Waals surface area contributed by atoms with Gasteiger partial charge in [0.2, 0.25) is 5.52 Å². The minimum Gasteiger partial charge on any atom is -0.805 e. The summed E-state index contributed by atoms with van der Waals surface area (Å²) >= 11 is 0. The van der Waals surface area contributed by atoms with Crippen molar-refractivity contribution in [3.05, 3.63) is 0 Å². The summed E-state index contributed by atoms with van der Waals surface area (Å²) < 4.78 is 30.9. The van der Waals surface area contributed by atoms with Gasteiger partial charge in [0.25, 0.3) is 0 Å². The van der Waals surface area contributed by atoms with E-state index in [-0.39, 0.29) is 78.4 Å². The first-order chi connectivity index (χ1) is 8.67. The average molecular weight is 360 g/mol. The van der Waals surface area contributed by atoms with Gasteiger partial charge in [-0.25, -0.2) is 0 Å². The summed E-state index contributed by atoms with van der Waals surface area (Å²) in [5.74, 6) is 0. The van der Waals surface area contributed by atoms with E-state index < -0.39 is 26.2 Å². The summed E-state index contributed by atoms with van der Waals surface area (Å²) in [5.41, 5.74) is -2.01. The molecule has 0 heterocycles. The minimum atomic E-state index is -5.15. The molecule has 0 saturated heterocycles. The normalized spacial score (nSPS) is 11.2. The monoisotopic (exact) mass is 360 g/mol. The van der Waals surface area contributed by atoms with Gasteiger partial charge in [-0.1, -0.05) is 6.42 Å². The molecule has 0 radical (unpaired) electrons. The molecule has 8 nitrogen and oxygen atoms in total. The number of unbranched alkanes of at least 4 members (excludes halogenated alkanes) is 2. The molecule has 0 aromatic rings. The zero-order valence-electron chi connectivity index (χ0n) is 12.7. The van der Waals surface area contributed by atoms with Gasteiger partial charge in [0, 0.05) is 34.7 Å². The summed E-state index contributed by atoms with van der Waals surface area (Å²) in [7, 11) is -6.67. The molecule has 0 bridgehead atoms. The fourth-order valence-electron chi connectivity index (χ4n) is 1.28. The van der Waals surface area contributed by atoms with E-state index in [9.17, 15) is 28.5 Å². The van der Waals surface area contributed by atoms with Crippen LogP contribution < -0.4 is 68.9 Å². The number of carbonyl (C=O) groups is 2.